The summed E-state index contributed by atoms with van der Waals surface area (Å²) in [4.78, 5) is 11.4. The Labute approximate surface area is 103 Å². The van der Waals surface area contributed by atoms with Crippen molar-refractivity contribution >= 4 is 11.7 Å². The molecule has 1 aromatic carbocycles. The topological polar surface area (TPSA) is 87.6 Å². The molecule has 2 rings (SSSR count). The lowest BCUT2D eigenvalue weighted by atomic mass is 10.3. The number of carbonyl (C=O) groups excluding carboxylic acids is 1. The van der Waals surface area contributed by atoms with Gasteiger partial charge in [0.1, 0.15) is 18.6 Å². The van der Waals surface area contributed by atoms with Crippen LogP contribution in [-0.4, -0.2) is 17.7 Å². The average Bonchev–Trinajstić information content (AvgIpc) is 2.88. The van der Waals surface area contributed by atoms with Gasteiger partial charge in [-0.05, 0) is 12.1 Å². The molecule has 0 aliphatic carbocycles. The van der Waals surface area contributed by atoms with Crippen LogP contribution in [0.5, 0.6) is 5.75 Å². The summed E-state index contributed by atoms with van der Waals surface area (Å²) in [6.45, 7) is -0.0878. The number of benzene rings is 1. The SMILES string of the molecule is Nc1ccccc1OCC(=O)OCc1cnoc1. The second-order valence-electron chi connectivity index (χ2n) is 3.52. The number of anilines is 1. The Kier molecular flexibility index (Phi) is 3.80. The number of rotatable bonds is 5. The van der Waals surface area contributed by atoms with Crippen molar-refractivity contribution in [3.05, 3.63) is 42.3 Å². The lowest BCUT2D eigenvalue weighted by molar-refractivity contribution is -0.147. The first-order valence-electron chi connectivity index (χ1n) is 5.27. The lowest BCUT2D eigenvalue weighted by Gasteiger charge is -2.07. The van der Waals surface area contributed by atoms with Gasteiger partial charge in [-0.15, -0.1) is 0 Å². The van der Waals surface area contributed by atoms with Gasteiger partial charge in [0.2, 0.25) is 0 Å². The molecule has 18 heavy (non-hydrogen) atoms. The molecule has 0 fully saturated rings. The number of esters is 1. The van der Waals surface area contributed by atoms with E-state index in [1.54, 1.807) is 24.3 Å². The van der Waals surface area contributed by atoms with Gasteiger partial charge in [0.25, 0.3) is 0 Å². The van der Waals surface area contributed by atoms with E-state index in [0.29, 0.717) is 17.0 Å². The number of hydrogen-bond acceptors (Lipinski definition) is 6. The molecule has 0 unspecified atom stereocenters. The predicted octanol–water partition coefficient (Wildman–Crippen LogP) is 1.38. The van der Waals surface area contributed by atoms with Crippen LogP contribution in [0.25, 0.3) is 0 Å². The third kappa shape index (κ3) is 3.24. The van der Waals surface area contributed by atoms with Crippen LogP contribution in [-0.2, 0) is 16.1 Å². The third-order valence-electron chi connectivity index (χ3n) is 2.15. The highest BCUT2D eigenvalue weighted by atomic mass is 16.6. The van der Waals surface area contributed by atoms with Gasteiger partial charge in [-0.2, -0.15) is 0 Å². The Hall–Kier alpha value is -2.50. The monoisotopic (exact) mass is 248 g/mol. The van der Waals surface area contributed by atoms with Crippen molar-refractivity contribution in [2.75, 3.05) is 12.3 Å². The molecule has 0 saturated heterocycles. The summed E-state index contributed by atoms with van der Waals surface area (Å²) in [6, 6.07) is 6.93. The van der Waals surface area contributed by atoms with Crippen molar-refractivity contribution in [3.8, 4) is 5.75 Å². The predicted molar refractivity (Wildman–Crippen MR) is 62.6 cm³/mol. The van der Waals surface area contributed by atoms with Crippen molar-refractivity contribution in [2.45, 2.75) is 6.61 Å². The van der Waals surface area contributed by atoms with Crippen LogP contribution in [0.2, 0.25) is 0 Å². The van der Waals surface area contributed by atoms with Crippen LogP contribution in [0.15, 0.2) is 41.2 Å². The molecule has 0 atom stereocenters. The number of hydrogen-bond donors (Lipinski definition) is 1. The molecule has 0 amide bonds. The first kappa shape index (κ1) is 12.0. The molecule has 2 N–H and O–H groups in total. The van der Waals surface area contributed by atoms with E-state index < -0.39 is 5.97 Å². The van der Waals surface area contributed by atoms with Gasteiger partial charge < -0.3 is 19.7 Å². The van der Waals surface area contributed by atoms with E-state index in [1.807, 2.05) is 0 Å². The standard InChI is InChI=1S/C12H12N2O4/c13-10-3-1-2-4-11(10)16-8-12(15)17-6-9-5-14-18-7-9/h1-5,7H,6,8,13H2. The maximum atomic E-state index is 11.4. The minimum Gasteiger partial charge on any atom is -0.480 e. The fourth-order valence-electron chi connectivity index (χ4n) is 1.25. The second kappa shape index (κ2) is 5.72. The number of nitrogen functional groups attached to an aromatic ring is 1. The van der Waals surface area contributed by atoms with Crippen LogP contribution in [0, 0.1) is 0 Å². The van der Waals surface area contributed by atoms with Crippen molar-refractivity contribution in [1.82, 2.24) is 5.16 Å². The lowest BCUT2D eigenvalue weighted by Crippen LogP contribution is -2.15. The smallest absolute Gasteiger partial charge is 0.344 e. The largest absolute Gasteiger partial charge is 0.480 e. The molecule has 0 aliphatic rings. The molecule has 2 aromatic rings. The highest BCUT2D eigenvalue weighted by molar-refractivity contribution is 5.71. The van der Waals surface area contributed by atoms with Crippen LogP contribution >= 0.6 is 0 Å². The van der Waals surface area contributed by atoms with Crippen molar-refractivity contribution < 1.29 is 18.8 Å². The van der Waals surface area contributed by atoms with E-state index in [2.05, 4.69) is 9.68 Å². The van der Waals surface area contributed by atoms with Crippen LogP contribution in [0.3, 0.4) is 0 Å². The number of nitrogens with two attached hydrogens (primary N) is 1. The molecule has 0 saturated carbocycles. The normalized spacial score (nSPS) is 10.0. The summed E-state index contributed by atoms with van der Waals surface area (Å²) in [5.41, 5.74) is 6.82. The molecule has 94 valence electrons. The molecule has 0 radical (unpaired) electrons. The number of nitrogens with zero attached hydrogens (tertiary/aromatic N) is 1. The zero-order valence-corrected chi connectivity index (χ0v) is 9.54. The van der Waals surface area contributed by atoms with E-state index in [0.717, 1.165) is 0 Å². The minimum atomic E-state index is -0.487. The third-order valence-corrected chi connectivity index (χ3v) is 2.15. The Morgan fingerprint density at radius 3 is 2.94 bits per heavy atom. The van der Waals surface area contributed by atoms with Crippen molar-refractivity contribution in [1.29, 1.82) is 0 Å². The van der Waals surface area contributed by atoms with Gasteiger partial charge in [0, 0.05) is 5.56 Å². The van der Waals surface area contributed by atoms with Gasteiger partial charge in [-0.1, -0.05) is 17.3 Å². The average molecular weight is 248 g/mol. The number of aromatic nitrogens is 1. The molecule has 0 bridgehead atoms. The van der Waals surface area contributed by atoms with Crippen molar-refractivity contribution in [3.63, 3.8) is 0 Å². The zero-order chi connectivity index (χ0) is 12.8. The minimum absolute atomic E-state index is 0.107. The summed E-state index contributed by atoms with van der Waals surface area (Å²) in [6.07, 6.45) is 2.88. The Balaban J connectivity index is 1.77. The van der Waals surface area contributed by atoms with Crippen LogP contribution < -0.4 is 10.5 Å². The van der Waals surface area contributed by atoms with Gasteiger partial charge in [-0.25, -0.2) is 4.79 Å². The quantitative estimate of drug-likeness (QED) is 0.635. The highest BCUT2D eigenvalue weighted by Gasteiger charge is 2.07. The maximum Gasteiger partial charge on any atom is 0.344 e. The van der Waals surface area contributed by atoms with Crippen molar-refractivity contribution in [2.24, 2.45) is 0 Å². The second-order valence-corrected chi connectivity index (χ2v) is 3.52. The fourth-order valence-corrected chi connectivity index (χ4v) is 1.25. The molecule has 0 aliphatic heterocycles. The Bertz CT molecular complexity index is 511. The van der Waals surface area contributed by atoms with E-state index >= 15 is 0 Å². The molecular formula is C12H12N2O4. The Morgan fingerprint density at radius 1 is 1.39 bits per heavy atom. The highest BCUT2D eigenvalue weighted by Crippen LogP contribution is 2.19. The number of ether oxygens (including phenoxy) is 2. The number of para-hydroxylation sites is 2. The van der Waals surface area contributed by atoms with E-state index in [1.165, 1.54) is 12.5 Å². The zero-order valence-electron chi connectivity index (χ0n) is 9.54. The van der Waals surface area contributed by atoms with Crippen LogP contribution in [0.1, 0.15) is 5.56 Å². The van der Waals surface area contributed by atoms with E-state index in [9.17, 15) is 4.79 Å². The summed E-state index contributed by atoms with van der Waals surface area (Å²) in [5, 5.41) is 3.49. The first-order chi connectivity index (χ1) is 8.75. The van der Waals surface area contributed by atoms with Gasteiger partial charge >= 0.3 is 5.97 Å². The van der Waals surface area contributed by atoms with Gasteiger partial charge in [0.05, 0.1) is 11.9 Å². The summed E-state index contributed by atoms with van der Waals surface area (Å²) in [7, 11) is 0. The van der Waals surface area contributed by atoms with Gasteiger partial charge in [0.15, 0.2) is 6.61 Å². The summed E-state index contributed by atoms with van der Waals surface area (Å²) < 4.78 is 14.8. The summed E-state index contributed by atoms with van der Waals surface area (Å²) in [5.74, 6) is -0.0288. The summed E-state index contributed by atoms with van der Waals surface area (Å²) >= 11 is 0. The molecule has 6 heteroatoms. The molecule has 1 aromatic heterocycles. The fraction of sp³-hybridized carbons (Fsp3) is 0.167. The van der Waals surface area contributed by atoms with Crippen LogP contribution in [0.4, 0.5) is 5.69 Å². The van der Waals surface area contributed by atoms with E-state index in [4.69, 9.17) is 15.2 Å². The number of carbonyl (C=O) groups is 1. The molecule has 1 heterocycles. The Morgan fingerprint density at radius 2 is 2.22 bits per heavy atom. The van der Waals surface area contributed by atoms with E-state index in [-0.39, 0.29) is 13.2 Å². The first-order valence-corrected chi connectivity index (χ1v) is 5.27. The molecule has 6 nitrogen and oxygen atoms in total. The molecular weight excluding hydrogens is 236 g/mol. The van der Waals surface area contributed by atoms with Gasteiger partial charge in [-0.3, -0.25) is 0 Å². The maximum absolute atomic E-state index is 11.4. The molecule has 0 spiro atoms.